The first kappa shape index (κ1) is 15.6. The van der Waals surface area contributed by atoms with Crippen molar-refractivity contribution in [1.29, 1.82) is 5.41 Å². The van der Waals surface area contributed by atoms with Crippen LogP contribution in [0.4, 0.5) is 5.69 Å². The van der Waals surface area contributed by atoms with Crippen LogP contribution in [0.5, 0.6) is 5.75 Å². The van der Waals surface area contributed by atoms with Gasteiger partial charge in [-0.3, -0.25) is 10.2 Å². The predicted molar refractivity (Wildman–Crippen MR) is 95.9 cm³/mol. The third kappa shape index (κ3) is 3.05. The van der Waals surface area contributed by atoms with E-state index in [4.69, 9.17) is 11.1 Å². The van der Waals surface area contributed by atoms with Crippen LogP contribution in [0.2, 0.25) is 0 Å². The summed E-state index contributed by atoms with van der Waals surface area (Å²) in [4.78, 5) is 12.9. The number of phenols is 1. The van der Waals surface area contributed by atoms with Crippen LogP contribution in [0.1, 0.15) is 11.1 Å². The number of allylic oxidation sites excluding steroid dienone is 1. The van der Waals surface area contributed by atoms with Gasteiger partial charge in [0.1, 0.15) is 11.6 Å². The molecule has 0 saturated carbocycles. The smallest absolute Gasteiger partial charge is 0.197 e. The van der Waals surface area contributed by atoms with Crippen molar-refractivity contribution in [3.05, 3.63) is 71.3 Å². The van der Waals surface area contributed by atoms with Crippen LogP contribution < -0.4 is 11.1 Å². The average Bonchev–Trinajstić information content (AvgIpc) is 2.60. The van der Waals surface area contributed by atoms with Gasteiger partial charge in [0.15, 0.2) is 5.78 Å². The van der Waals surface area contributed by atoms with Gasteiger partial charge in [0.25, 0.3) is 0 Å². The van der Waals surface area contributed by atoms with E-state index in [1.165, 1.54) is 12.1 Å². The number of nitrogens with two attached hydrogens (primary N) is 1. The highest BCUT2D eigenvalue weighted by atomic mass is 16.3. The van der Waals surface area contributed by atoms with Gasteiger partial charge < -0.3 is 16.2 Å². The number of Topliss-reactive ketones (excluding diaryl/α,β-unsaturated/α-hetero) is 1. The summed E-state index contributed by atoms with van der Waals surface area (Å²) in [5.41, 5.74) is 8.68. The minimum Gasteiger partial charge on any atom is -0.508 e. The second-order valence-electron chi connectivity index (χ2n) is 5.44. The maximum atomic E-state index is 12.9. The van der Waals surface area contributed by atoms with E-state index in [-0.39, 0.29) is 22.9 Å². The number of para-hydroxylation sites is 1. The van der Waals surface area contributed by atoms with Crippen LogP contribution in [0, 0.1) is 5.41 Å². The van der Waals surface area contributed by atoms with Crippen LogP contribution in [0.25, 0.3) is 11.6 Å². The molecule has 0 aromatic heterocycles. The molecule has 0 bridgehead atoms. The Morgan fingerprint density at radius 3 is 2.58 bits per heavy atom. The number of phenolic OH excluding ortho intramolecular Hbond substituents is 1. The molecule has 2 aromatic carbocycles. The Morgan fingerprint density at radius 2 is 1.88 bits per heavy atom. The summed E-state index contributed by atoms with van der Waals surface area (Å²) in [5.74, 6) is -0.438. The lowest BCUT2D eigenvalue weighted by Gasteiger charge is -2.19. The number of rotatable bonds is 4. The number of carbonyl (C=O) groups excluding carboxylic acids is 1. The molecule has 0 amide bonds. The third-order valence-corrected chi connectivity index (χ3v) is 3.80. The van der Waals surface area contributed by atoms with Gasteiger partial charge in [0, 0.05) is 23.4 Å². The van der Waals surface area contributed by atoms with Crippen molar-refractivity contribution in [3.8, 4) is 5.75 Å². The van der Waals surface area contributed by atoms with Crippen LogP contribution in [0.3, 0.4) is 0 Å². The molecule has 0 atom stereocenters. The Hall–Kier alpha value is -3.34. The average molecular weight is 319 g/mol. The fourth-order valence-electron chi connectivity index (χ4n) is 2.61. The summed E-state index contributed by atoms with van der Waals surface area (Å²) in [7, 11) is 0. The van der Waals surface area contributed by atoms with E-state index in [1.807, 2.05) is 24.3 Å². The maximum absolute atomic E-state index is 12.9. The van der Waals surface area contributed by atoms with E-state index >= 15 is 0 Å². The zero-order chi connectivity index (χ0) is 17.1. The van der Waals surface area contributed by atoms with Crippen LogP contribution in [-0.4, -0.2) is 23.3 Å². The van der Waals surface area contributed by atoms with E-state index in [2.05, 4.69) is 5.32 Å². The number of anilines is 1. The topological polar surface area (TPSA) is 99.2 Å². The highest BCUT2D eigenvalue weighted by molar-refractivity contribution is 6.40. The standard InChI is InChI=1S/C19H17N3O2/c20-19(21)16(11-12-5-7-13(23)8-6-12)18(24)15-9-10-22-17-4-2-1-3-14(15)17/h1-9,11,22-23H,10H2,(H3,20,21)/b16-11-. The van der Waals surface area contributed by atoms with E-state index in [9.17, 15) is 9.90 Å². The number of aromatic hydroxyl groups is 1. The minimum absolute atomic E-state index is 0.128. The molecule has 0 fully saturated rings. The molecule has 0 saturated heterocycles. The lowest BCUT2D eigenvalue weighted by molar-refractivity contribution is -0.110. The fourth-order valence-corrected chi connectivity index (χ4v) is 2.61. The molecular weight excluding hydrogens is 302 g/mol. The number of ketones is 1. The summed E-state index contributed by atoms with van der Waals surface area (Å²) < 4.78 is 0. The first-order valence-corrected chi connectivity index (χ1v) is 7.49. The molecule has 1 aliphatic rings. The molecule has 0 radical (unpaired) electrons. The monoisotopic (exact) mass is 319 g/mol. The normalized spacial score (nSPS) is 13.5. The van der Waals surface area contributed by atoms with Gasteiger partial charge in [0.05, 0.1) is 5.57 Å². The number of fused-ring (bicyclic) bond motifs is 1. The molecule has 0 spiro atoms. The van der Waals surface area contributed by atoms with Crippen molar-refractivity contribution in [1.82, 2.24) is 0 Å². The molecule has 0 unspecified atom stereocenters. The number of hydrogen-bond acceptors (Lipinski definition) is 4. The Balaban J connectivity index is 2.01. The molecule has 0 aliphatic carbocycles. The number of amidine groups is 1. The fraction of sp³-hybridized carbons (Fsp3) is 0.0526. The summed E-state index contributed by atoms with van der Waals surface area (Å²) >= 11 is 0. The van der Waals surface area contributed by atoms with Crippen molar-refractivity contribution in [2.24, 2.45) is 5.73 Å². The molecular formula is C19H17N3O2. The van der Waals surface area contributed by atoms with Crippen molar-refractivity contribution < 1.29 is 9.90 Å². The van der Waals surface area contributed by atoms with Crippen LogP contribution in [-0.2, 0) is 4.79 Å². The van der Waals surface area contributed by atoms with Crippen molar-refractivity contribution in [2.75, 3.05) is 11.9 Å². The van der Waals surface area contributed by atoms with Gasteiger partial charge in [-0.2, -0.15) is 0 Å². The zero-order valence-electron chi connectivity index (χ0n) is 12.9. The maximum Gasteiger partial charge on any atom is 0.197 e. The van der Waals surface area contributed by atoms with Crippen LogP contribution in [0.15, 0.2) is 60.2 Å². The second-order valence-corrected chi connectivity index (χ2v) is 5.44. The van der Waals surface area contributed by atoms with Gasteiger partial charge in [-0.25, -0.2) is 0 Å². The molecule has 1 aliphatic heterocycles. The van der Waals surface area contributed by atoms with Gasteiger partial charge in [-0.1, -0.05) is 36.4 Å². The predicted octanol–water partition coefficient (Wildman–Crippen LogP) is 2.79. The van der Waals surface area contributed by atoms with Gasteiger partial charge in [-0.05, 0) is 29.8 Å². The van der Waals surface area contributed by atoms with Crippen LogP contribution >= 0.6 is 0 Å². The van der Waals surface area contributed by atoms with E-state index in [0.29, 0.717) is 17.7 Å². The Labute approximate surface area is 139 Å². The molecule has 2 aromatic rings. The van der Waals surface area contributed by atoms with E-state index in [1.54, 1.807) is 24.3 Å². The number of benzene rings is 2. The highest BCUT2D eigenvalue weighted by Crippen LogP contribution is 2.30. The van der Waals surface area contributed by atoms with Crippen molar-refractivity contribution >= 4 is 29.0 Å². The molecule has 5 heteroatoms. The minimum atomic E-state index is -0.287. The molecule has 1 heterocycles. The molecule has 3 rings (SSSR count). The lowest BCUT2D eigenvalue weighted by Crippen LogP contribution is -2.22. The summed E-state index contributed by atoms with van der Waals surface area (Å²) in [6.07, 6.45) is 3.37. The van der Waals surface area contributed by atoms with E-state index in [0.717, 1.165) is 11.3 Å². The number of hydrogen-bond donors (Lipinski definition) is 4. The van der Waals surface area contributed by atoms with Gasteiger partial charge in [0.2, 0.25) is 0 Å². The number of carbonyl (C=O) groups is 1. The third-order valence-electron chi connectivity index (χ3n) is 3.80. The summed E-state index contributed by atoms with van der Waals surface area (Å²) in [5, 5.41) is 20.3. The van der Waals surface area contributed by atoms with Crippen molar-refractivity contribution in [2.45, 2.75) is 0 Å². The highest BCUT2D eigenvalue weighted by Gasteiger charge is 2.22. The molecule has 5 N–H and O–H groups in total. The van der Waals surface area contributed by atoms with Crippen molar-refractivity contribution in [3.63, 3.8) is 0 Å². The molecule has 120 valence electrons. The summed E-state index contributed by atoms with van der Waals surface area (Å²) in [6.45, 7) is 0.544. The molecule has 24 heavy (non-hydrogen) atoms. The molecule has 5 nitrogen and oxygen atoms in total. The Morgan fingerprint density at radius 1 is 1.17 bits per heavy atom. The SMILES string of the molecule is N=C(N)/C(=C\c1ccc(O)cc1)C(=O)C1=CCNc2ccccc21. The first-order valence-electron chi connectivity index (χ1n) is 7.49. The second kappa shape index (κ2) is 6.42. The number of nitrogens with one attached hydrogen (secondary N) is 2. The Kier molecular flexibility index (Phi) is 4.16. The van der Waals surface area contributed by atoms with Gasteiger partial charge >= 0.3 is 0 Å². The lowest BCUT2D eigenvalue weighted by atomic mass is 9.92. The first-order chi connectivity index (χ1) is 11.6. The van der Waals surface area contributed by atoms with E-state index < -0.39 is 0 Å². The Bertz CT molecular complexity index is 864. The largest absolute Gasteiger partial charge is 0.508 e. The summed E-state index contributed by atoms with van der Waals surface area (Å²) in [6, 6.07) is 13.9. The zero-order valence-corrected chi connectivity index (χ0v) is 12.9. The van der Waals surface area contributed by atoms with Gasteiger partial charge in [-0.15, -0.1) is 0 Å². The quantitative estimate of drug-likeness (QED) is 0.395.